The highest BCUT2D eigenvalue weighted by Crippen LogP contribution is 2.65. The number of ether oxygens (including phenoxy) is 2. The fraction of sp³-hybridized carbons (Fsp3) is 0.655. The standard InChI is InChI=1S/C29H38O7/c1-5-7-8-25(34)36-29(23(32)17-35-24(33)6-2)14-12-21-20-10-9-18-15-19(30)11-13-27(18,3)26(20)22(31)16-28(21,29)4/h11,13,15,21-22,31H,5-10,12,14,16-17H2,1-4H3/t21-,22-,27-,28-,29-/m0/s1. The molecule has 0 aromatic carbocycles. The molecule has 7 heteroatoms. The Kier molecular flexibility index (Phi) is 7.17. The van der Waals surface area contributed by atoms with Crippen LogP contribution in [-0.2, 0) is 28.7 Å². The molecule has 0 saturated heterocycles. The molecule has 196 valence electrons. The van der Waals surface area contributed by atoms with E-state index in [0.29, 0.717) is 32.1 Å². The molecule has 1 N–H and O–H groups in total. The van der Waals surface area contributed by atoms with Crippen molar-refractivity contribution in [2.75, 3.05) is 6.61 Å². The Labute approximate surface area is 213 Å². The van der Waals surface area contributed by atoms with E-state index in [-0.39, 0.29) is 31.0 Å². The maximum absolute atomic E-state index is 13.7. The van der Waals surface area contributed by atoms with Gasteiger partial charge in [0.25, 0.3) is 0 Å². The largest absolute Gasteiger partial charge is 0.457 e. The molecule has 4 aliphatic carbocycles. The van der Waals surface area contributed by atoms with Crippen LogP contribution in [0.2, 0.25) is 0 Å². The van der Waals surface area contributed by atoms with Crippen LogP contribution in [-0.4, -0.2) is 46.9 Å². The Balaban J connectivity index is 1.75. The molecule has 1 saturated carbocycles. The Bertz CT molecular complexity index is 1070. The minimum absolute atomic E-state index is 0.0345. The first-order valence-corrected chi connectivity index (χ1v) is 13.3. The van der Waals surface area contributed by atoms with Crippen LogP contribution in [0, 0.1) is 16.7 Å². The van der Waals surface area contributed by atoms with Crippen LogP contribution in [0.4, 0.5) is 0 Å². The molecule has 0 spiro atoms. The normalized spacial score (nSPS) is 34.9. The third-order valence-electron chi connectivity index (χ3n) is 9.11. The summed E-state index contributed by atoms with van der Waals surface area (Å²) in [4.78, 5) is 50.5. The van der Waals surface area contributed by atoms with Crippen molar-refractivity contribution in [2.24, 2.45) is 16.7 Å². The van der Waals surface area contributed by atoms with E-state index < -0.39 is 46.9 Å². The van der Waals surface area contributed by atoms with Crippen LogP contribution in [0.1, 0.15) is 85.5 Å². The zero-order valence-corrected chi connectivity index (χ0v) is 21.9. The molecule has 7 nitrogen and oxygen atoms in total. The van der Waals surface area contributed by atoms with Gasteiger partial charge in [0, 0.05) is 23.7 Å². The lowest BCUT2D eigenvalue weighted by atomic mass is 9.52. The Morgan fingerprint density at radius 2 is 1.89 bits per heavy atom. The molecule has 0 amide bonds. The summed E-state index contributed by atoms with van der Waals surface area (Å²) in [5, 5.41) is 11.6. The van der Waals surface area contributed by atoms with Crippen molar-refractivity contribution in [2.45, 2.75) is 97.2 Å². The summed E-state index contributed by atoms with van der Waals surface area (Å²) in [6.07, 6.45) is 8.73. The first-order chi connectivity index (χ1) is 17.0. The van der Waals surface area contributed by atoms with Gasteiger partial charge in [-0.1, -0.05) is 44.4 Å². The molecule has 4 rings (SSSR count). The fourth-order valence-corrected chi connectivity index (χ4v) is 7.20. The van der Waals surface area contributed by atoms with Gasteiger partial charge in [-0.05, 0) is 69.1 Å². The predicted octanol–water partition coefficient (Wildman–Crippen LogP) is 4.32. The molecule has 4 aliphatic rings. The first-order valence-electron chi connectivity index (χ1n) is 13.3. The van der Waals surface area contributed by atoms with E-state index in [0.717, 1.165) is 23.1 Å². The SMILES string of the molecule is CCCCC(=O)O[C@]1(C(=O)COC(=O)CC)CC[C@H]2C3=C([C@@H](O)C[C@@]21C)[C@@]1(C)C=CC(=O)C=C1CC3. The number of ketones is 2. The van der Waals surface area contributed by atoms with E-state index >= 15 is 0 Å². The van der Waals surface area contributed by atoms with Crippen molar-refractivity contribution >= 4 is 23.5 Å². The quantitative estimate of drug-likeness (QED) is 0.392. The predicted molar refractivity (Wildman–Crippen MR) is 133 cm³/mol. The molecular formula is C29H38O7. The lowest BCUT2D eigenvalue weighted by Gasteiger charge is -2.54. The van der Waals surface area contributed by atoms with E-state index in [1.165, 1.54) is 0 Å². The highest BCUT2D eigenvalue weighted by atomic mass is 16.6. The van der Waals surface area contributed by atoms with E-state index in [1.54, 1.807) is 19.1 Å². The third-order valence-corrected chi connectivity index (χ3v) is 9.11. The number of hydrogen-bond donors (Lipinski definition) is 1. The van der Waals surface area contributed by atoms with Gasteiger partial charge in [0.05, 0.1) is 6.10 Å². The van der Waals surface area contributed by atoms with Gasteiger partial charge in [-0.25, -0.2) is 0 Å². The van der Waals surface area contributed by atoms with Gasteiger partial charge in [0.15, 0.2) is 18.0 Å². The molecule has 0 aromatic rings. The number of hydrogen-bond acceptors (Lipinski definition) is 7. The van der Waals surface area contributed by atoms with Crippen LogP contribution in [0.5, 0.6) is 0 Å². The number of aliphatic hydroxyl groups excluding tert-OH is 1. The number of Topliss-reactive ketones (excluding diaryl/α,β-unsaturated/α-hetero) is 1. The number of allylic oxidation sites excluding steroid dienone is 5. The summed E-state index contributed by atoms with van der Waals surface area (Å²) in [7, 11) is 0. The molecule has 1 fully saturated rings. The maximum atomic E-state index is 13.7. The van der Waals surface area contributed by atoms with Crippen LogP contribution >= 0.6 is 0 Å². The van der Waals surface area contributed by atoms with E-state index in [4.69, 9.17) is 9.47 Å². The molecule has 0 aromatic heterocycles. The number of esters is 2. The summed E-state index contributed by atoms with van der Waals surface area (Å²) in [6, 6.07) is 0. The second-order valence-corrected chi connectivity index (χ2v) is 11.1. The second-order valence-electron chi connectivity index (χ2n) is 11.1. The lowest BCUT2D eigenvalue weighted by Crippen LogP contribution is -2.59. The summed E-state index contributed by atoms with van der Waals surface area (Å²) < 4.78 is 11.3. The van der Waals surface area contributed by atoms with Gasteiger partial charge >= 0.3 is 11.9 Å². The monoisotopic (exact) mass is 498 g/mol. The minimum atomic E-state index is -1.47. The van der Waals surface area contributed by atoms with Gasteiger partial charge < -0.3 is 14.6 Å². The van der Waals surface area contributed by atoms with E-state index in [1.807, 2.05) is 26.8 Å². The molecule has 0 unspecified atom stereocenters. The highest BCUT2D eigenvalue weighted by molar-refractivity contribution is 6.01. The van der Waals surface area contributed by atoms with Gasteiger partial charge in [-0.2, -0.15) is 0 Å². The molecule has 0 heterocycles. The Hall–Kier alpha value is -2.54. The van der Waals surface area contributed by atoms with Crippen molar-refractivity contribution in [3.63, 3.8) is 0 Å². The van der Waals surface area contributed by atoms with Gasteiger partial charge in [-0.15, -0.1) is 0 Å². The summed E-state index contributed by atoms with van der Waals surface area (Å²) in [6.45, 7) is 7.18. The zero-order chi connectivity index (χ0) is 26.3. The maximum Gasteiger partial charge on any atom is 0.306 e. The van der Waals surface area contributed by atoms with Crippen molar-refractivity contribution in [1.29, 1.82) is 0 Å². The molecule has 5 atom stereocenters. The number of unbranched alkanes of at least 4 members (excludes halogenated alkanes) is 1. The number of carbonyl (C=O) groups is 4. The lowest BCUT2D eigenvalue weighted by molar-refractivity contribution is -0.187. The van der Waals surface area contributed by atoms with Crippen molar-refractivity contribution in [3.05, 3.63) is 34.9 Å². The Morgan fingerprint density at radius 3 is 2.58 bits per heavy atom. The van der Waals surface area contributed by atoms with E-state index in [9.17, 15) is 24.3 Å². The number of rotatable bonds is 8. The fourth-order valence-electron chi connectivity index (χ4n) is 7.20. The summed E-state index contributed by atoms with van der Waals surface area (Å²) in [5.74, 6) is -1.43. The minimum Gasteiger partial charge on any atom is -0.457 e. The zero-order valence-electron chi connectivity index (χ0n) is 21.9. The average molecular weight is 499 g/mol. The van der Waals surface area contributed by atoms with Crippen LogP contribution in [0.3, 0.4) is 0 Å². The second kappa shape index (κ2) is 9.73. The van der Waals surface area contributed by atoms with E-state index in [2.05, 4.69) is 0 Å². The first kappa shape index (κ1) is 26.5. The van der Waals surface area contributed by atoms with Crippen molar-refractivity contribution in [3.8, 4) is 0 Å². The number of fused-ring (bicyclic) bond motifs is 4. The van der Waals surface area contributed by atoms with Gasteiger partial charge in [0.2, 0.25) is 5.78 Å². The van der Waals surface area contributed by atoms with Gasteiger partial charge in [0.1, 0.15) is 0 Å². The van der Waals surface area contributed by atoms with Crippen LogP contribution < -0.4 is 0 Å². The summed E-state index contributed by atoms with van der Waals surface area (Å²) in [5.41, 5.74) is 0.199. The van der Waals surface area contributed by atoms with Crippen LogP contribution in [0.25, 0.3) is 0 Å². The molecule has 0 bridgehead atoms. The highest BCUT2D eigenvalue weighted by Gasteiger charge is 2.67. The van der Waals surface area contributed by atoms with Crippen molar-refractivity contribution < 1.29 is 33.8 Å². The number of aliphatic hydroxyl groups is 1. The topological polar surface area (TPSA) is 107 Å². The number of carbonyl (C=O) groups excluding carboxylic acids is 4. The third kappa shape index (κ3) is 4.09. The molecule has 36 heavy (non-hydrogen) atoms. The average Bonchev–Trinajstić information content (AvgIpc) is 3.13. The smallest absolute Gasteiger partial charge is 0.306 e. The molecule has 0 aliphatic heterocycles. The Morgan fingerprint density at radius 1 is 1.14 bits per heavy atom. The molecule has 0 radical (unpaired) electrons. The van der Waals surface area contributed by atoms with Crippen molar-refractivity contribution in [1.82, 2.24) is 0 Å². The van der Waals surface area contributed by atoms with Crippen LogP contribution in [0.15, 0.2) is 34.9 Å². The van der Waals surface area contributed by atoms with Gasteiger partial charge in [-0.3, -0.25) is 19.2 Å². The molecular weight excluding hydrogens is 460 g/mol. The summed E-state index contributed by atoms with van der Waals surface area (Å²) >= 11 is 0.